The fourth-order valence-electron chi connectivity index (χ4n) is 3.58. The fraction of sp³-hybridized carbons (Fsp3) is 0.462. The molecular weight excluding hydrogens is 443 g/mol. The van der Waals surface area contributed by atoms with E-state index in [1.807, 2.05) is 19.9 Å². The maximum Gasteiger partial charge on any atom is 0.242 e. The Bertz CT molecular complexity index is 897. The topological polar surface area (TPSA) is 49.4 Å². The van der Waals surface area contributed by atoms with Gasteiger partial charge in [-0.3, -0.25) is 9.59 Å². The molecule has 6 heteroatoms. The Morgan fingerprint density at radius 2 is 1.62 bits per heavy atom. The summed E-state index contributed by atoms with van der Waals surface area (Å²) in [6, 6.07) is 13.2. The number of carbonyl (C=O) groups is 2. The van der Waals surface area contributed by atoms with Gasteiger partial charge in [-0.15, -0.1) is 0 Å². The van der Waals surface area contributed by atoms with Crippen molar-refractivity contribution >= 4 is 35.0 Å². The first kappa shape index (κ1) is 26.2. The molecule has 2 aromatic rings. The lowest BCUT2D eigenvalue weighted by Gasteiger charge is -2.31. The van der Waals surface area contributed by atoms with Gasteiger partial charge in [0, 0.05) is 19.5 Å². The summed E-state index contributed by atoms with van der Waals surface area (Å²) in [7, 11) is 0. The predicted molar refractivity (Wildman–Crippen MR) is 133 cm³/mol. The molecule has 0 saturated heterocycles. The largest absolute Gasteiger partial charge is 0.354 e. The summed E-state index contributed by atoms with van der Waals surface area (Å²) in [5.74, 6) is 0.297. The van der Waals surface area contributed by atoms with Crippen molar-refractivity contribution in [1.82, 2.24) is 10.2 Å². The van der Waals surface area contributed by atoms with Crippen LogP contribution in [0.25, 0.3) is 0 Å². The Morgan fingerprint density at radius 1 is 0.969 bits per heavy atom. The first-order valence-corrected chi connectivity index (χ1v) is 12.1. The molecule has 0 aliphatic rings. The van der Waals surface area contributed by atoms with Crippen molar-refractivity contribution in [2.45, 2.75) is 71.9 Å². The van der Waals surface area contributed by atoms with Crippen LogP contribution in [-0.4, -0.2) is 29.3 Å². The third-order valence-corrected chi connectivity index (χ3v) is 6.29. The van der Waals surface area contributed by atoms with E-state index in [-0.39, 0.29) is 11.8 Å². The third kappa shape index (κ3) is 7.53. The van der Waals surface area contributed by atoms with Crippen LogP contribution in [0.2, 0.25) is 10.0 Å². The molecule has 0 aliphatic carbocycles. The minimum absolute atomic E-state index is 0.0532. The van der Waals surface area contributed by atoms with Gasteiger partial charge < -0.3 is 10.2 Å². The monoisotopic (exact) mass is 476 g/mol. The van der Waals surface area contributed by atoms with Crippen LogP contribution in [0.1, 0.15) is 69.6 Å². The second-order valence-corrected chi connectivity index (χ2v) is 9.20. The molecule has 32 heavy (non-hydrogen) atoms. The smallest absolute Gasteiger partial charge is 0.242 e. The first-order valence-electron chi connectivity index (χ1n) is 11.4. The zero-order valence-corrected chi connectivity index (χ0v) is 21.0. The highest BCUT2D eigenvalue weighted by Crippen LogP contribution is 2.24. The van der Waals surface area contributed by atoms with Gasteiger partial charge in [0.25, 0.3) is 0 Å². The van der Waals surface area contributed by atoms with Gasteiger partial charge in [0.15, 0.2) is 0 Å². The molecule has 0 unspecified atom stereocenters. The molecule has 2 rings (SSSR count). The minimum atomic E-state index is -0.535. The van der Waals surface area contributed by atoms with Crippen molar-refractivity contribution in [1.29, 1.82) is 0 Å². The van der Waals surface area contributed by atoms with E-state index in [1.54, 1.807) is 17.0 Å². The molecule has 2 aromatic carbocycles. The van der Waals surface area contributed by atoms with Gasteiger partial charge in [-0.1, -0.05) is 81.2 Å². The predicted octanol–water partition coefficient (Wildman–Crippen LogP) is 6.38. The molecule has 0 heterocycles. The van der Waals surface area contributed by atoms with Gasteiger partial charge in [-0.2, -0.15) is 0 Å². The van der Waals surface area contributed by atoms with Crippen LogP contribution < -0.4 is 5.32 Å². The van der Waals surface area contributed by atoms with Crippen molar-refractivity contribution in [2.75, 3.05) is 6.54 Å². The number of rotatable bonds is 11. The van der Waals surface area contributed by atoms with E-state index in [2.05, 4.69) is 43.4 Å². The van der Waals surface area contributed by atoms with Gasteiger partial charge in [0.05, 0.1) is 10.0 Å². The number of hydrogen-bond donors (Lipinski definition) is 1. The molecule has 0 aliphatic heterocycles. The number of amides is 2. The summed E-state index contributed by atoms with van der Waals surface area (Å²) >= 11 is 12.2. The number of benzene rings is 2. The maximum absolute atomic E-state index is 13.3. The average Bonchev–Trinajstić information content (AvgIpc) is 2.78. The summed E-state index contributed by atoms with van der Waals surface area (Å²) < 4.78 is 0. The molecule has 0 radical (unpaired) electrons. The number of aryl methyl sites for hydroxylation is 1. The molecule has 0 aromatic heterocycles. The Morgan fingerprint density at radius 3 is 2.19 bits per heavy atom. The molecular formula is C26H34Cl2N2O2. The van der Waals surface area contributed by atoms with E-state index >= 15 is 0 Å². The van der Waals surface area contributed by atoms with Crippen molar-refractivity contribution < 1.29 is 9.59 Å². The second-order valence-electron chi connectivity index (χ2n) is 8.38. The van der Waals surface area contributed by atoms with E-state index in [9.17, 15) is 9.59 Å². The standard InChI is InChI=1S/C26H34Cl2N2O2/c1-5-15-29-26(32)24(6-2)30(17-20-9-13-22(27)23(28)16-20)25(31)14-10-19-7-11-21(12-8-19)18(3)4/h7-9,11-13,16,18,24H,5-6,10,14-15,17H2,1-4H3,(H,29,32)/t24-/m1/s1. The minimum Gasteiger partial charge on any atom is -0.354 e. The van der Waals surface area contributed by atoms with E-state index in [0.29, 0.717) is 48.3 Å². The Balaban J connectivity index is 2.19. The van der Waals surface area contributed by atoms with Crippen molar-refractivity contribution in [3.63, 3.8) is 0 Å². The summed E-state index contributed by atoms with van der Waals surface area (Å²) in [5.41, 5.74) is 3.23. The molecule has 0 spiro atoms. The normalized spacial score (nSPS) is 12.0. The Kier molecular flexibility index (Phi) is 10.5. The highest BCUT2D eigenvalue weighted by atomic mass is 35.5. The van der Waals surface area contributed by atoms with E-state index in [0.717, 1.165) is 17.5 Å². The van der Waals surface area contributed by atoms with Crippen LogP contribution in [0.3, 0.4) is 0 Å². The highest BCUT2D eigenvalue weighted by Gasteiger charge is 2.28. The summed E-state index contributed by atoms with van der Waals surface area (Å²) in [6.07, 6.45) is 2.34. The molecule has 1 N–H and O–H groups in total. The van der Waals surface area contributed by atoms with Gasteiger partial charge in [-0.25, -0.2) is 0 Å². The van der Waals surface area contributed by atoms with Crippen LogP contribution in [0.5, 0.6) is 0 Å². The molecule has 2 amide bonds. The van der Waals surface area contributed by atoms with Crippen molar-refractivity contribution in [2.24, 2.45) is 0 Å². The van der Waals surface area contributed by atoms with E-state index < -0.39 is 6.04 Å². The zero-order chi connectivity index (χ0) is 23.7. The maximum atomic E-state index is 13.3. The molecule has 0 bridgehead atoms. The lowest BCUT2D eigenvalue weighted by molar-refractivity contribution is -0.141. The number of nitrogens with zero attached hydrogens (tertiary/aromatic N) is 1. The van der Waals surface area contributed by atoms with E-state index in [4.69, 9.17) is 23.2 Å². The highest BCUT2D eigenvalue weighted by molar-refractivity contribution is 6.42. The van der Waals surface area contributed by atoms with Crippen LogP contribution in [-0.2, 0) is 22.6 Å². The second kappa shape index (κ2) is 12.9. The van der Waals surface area contributed by atoms with E-state index in [1.165, 1.54) is 5.56 Å². The molecule has 0 saturated carbocycles. The molecule has 1 atom stereocenters. The first-order chi connectivity index (χ1) is 15.3. The van der Waals surface area contributed by atoms with Crippen LogP contribution in [0.4, 0.5) is 0 Å². The van der Waals surface area contributed by atoms with Gasteiger partial charge >= 0.3 is 0 Å². The lowest BCUT2D eigenvalue weighted by atomic mass is 10.00. The quantitative estimate of drug-likeness (QED) is 0.408. The van der Waals surface area contributed by atoms with Crippen LogP contribution in [0, 0.1) is 0 Å². The van der Waals surface area contributed by atoms with Gasteiger partial charge in [0.2, 0.25) is 11.8 Å². The third-order valence-electron chi connectivity index (χ3n) is 5.55. The summed E-state index contributed by atoms with van der Waals surface area (Å²) in [4.78, 5) is 27.8. The molecule has 0 fully saturated rings. The Labute approximate surface area is 202 Å². The van der Waals surface area contributed by atoms with Crippen molar-refractivity contribution in [3.05, 3.63) is 69.2 Å². The SMILES string of the molecule is CCCNC(=O)[C@@H](CC)N(Cc1ccc(Cl)c(Cl)c1)C(=O)CCc1ccc(C(C)C)cc1. The van der Waals surface area contributed by atoms with Crippen LogP contribution >= 0.6 is 23.2 Å². The summed E-state index contributed by atoms with van der Waals surface area (Å²) in [6.45, 7) is 9.15. The molecule has 174 valence electrons. The number of nitrogens with one attached hydrogen (secondary N) is 1. The fourth-order valence-corrected chi connectivity index (χ4v) is 3.90. The number of hydrogen-bond acceptors (Lipinski definition) is 2. The zero-order valence-electron chi connectivity index (χ0n) is 19.5. The summed E-state index contributed by atoms with van der Waals surface area (Å²) in [5, 5.41) is 3.83. The van der Waals surface area contributed by atoms with Gasteiger partial charge in [-0.05, 0) is 54.0 Å². The number of halogens is 2. The van der Waals surface area contributed by atoms with Gasteiger partial charge in [0.1, 0.15) is 6.04 Å². The molecule has 4 nitrogen and oxygen atoms in total. The number of carbonyl (C=O) groups excluding carboxylic acids is 2. The van der Waals surface area contributed by atoms with Crippen LogP contribution in [0.15, 0.2) is 42.5 Å². The average molecular weight is 477 g/mol. The lowest BCUT2D eigenvalue weighted by Crippen LogP contribution is -2.49. The van der Waals surface area contributed by atoms with Crippen molar-refractivity contribution in [3.8, 4) is 0 Å². The Hall–Kier alpha value is -2.04.